The molecule has 0 aliphatic carbocycles. The Morgan fingerprint density at radius 2 is 1.62 bits per heavy atom. The fourth-order valence-electron chi connectivity index (χ4n) is 5.14. The number of amides is 3. The van der Waals surface area contributed by atoms with E-state index in [4.69, 9.17) is 18.9 Å². The van der Waals surface area contributed by atoms with Gasteiger partial charge in [-0.05, 0) is 19.4 Å². The third-order valence-corrected chi connectivity index (χ3v) is 9.07. The maximum Gasteiger partial charge on any atom is 0.315 e. The van der Waals surface area contributed by atoms with Crippen LogP contribution in [0.4, 0.5) is 4.79 Å². The van der Waals surface area contributed by atoms with Crippen molar-refractivity contribution in [1.29, 1.82) is 0 Å². The number of hydrogen-bond donors (Lipinski definition) is 4. The molecule has 0 bridgehead atoms. The SMILES string of the molecule is CCN1CCN(C(O)CCOCCOCCOCCOCCNC(=O)CCCCC2SCC3NC(=O)NC32)CC1. The molecule has 4 N–H and O–H groups in total. The van der Waals surface area contributed by atoms with Gasteiger partial charge in [0.1, 0.15) is 6.23 Å². The molecule has 0 spiro atoms. The van der Waals surface area contributed by atoms with Crippen LogP contribution in [0.3, 0.4) is 0 Å². The first-order valence-electron chi connectivity index (χ1n) is 15.0. The van der Waals surface area contributed by atoms with Crippen molar-refractivity contribution in [3.8, 4) is 0 Å². The summed E-state index contributed by atoms with van der Waals surface area (Å²) in [5.74, 6) is 1.02. The first kappa shape index (κ1) is 33.3. The van der Waals surface area contributed by atoms with Gasteiger partial charge in [-0.15, -0.1) is 0 Å². The van der Waals surface area contributed by atoms with Crippen molar-refractivity contribution >= 4 is 23.7 Å². The highest BCUT2D eigenvalue weighted by Gasteiger charge is 2.42. The molecule has 3 amide bonds. The second-order valence-corrected chi connectivity index (χ2v) is 11.7. The van der Waals surface area contributed by atoms with E-state index in [0.717, 1.165) is 57.7 Å². The molecule has 4 atom stereocenters. The lowest BCUT2D eigenvalue weighted by Crippen LogP contribution is -2.50. The summed E-state index contributed by atoms with van der Waals surface area (Å²) in [5.41, 5.74) is 0. The minimum absolute atomic E-state index is 0.0513. The summed E-state index contributed by atoms with van der Waals surface area (Å²) in [6.07, 6.45) is 3.55. The van der Waals surface area contributed by atoms with Crippen LogP contribution < -0.4 is 16.0 Å². The van der Waals surface area contributed by atoms with E-state index in [1.165, 1.54) is 0 Å². The Hall–Kier alpha value is -1.19. The molecule has 0 radical (unpaired) electrons. The van der Waals surface area contributed by atoms with E-state index in [1.54, 1.807) is 0 Å². The number of carbonyl (C=O) groups is 2. The monoisotopic (exact) mass is 589 g/mol. The quantitative estimate of drug-likeness (QED) is 0.103. The van der Waals surface area contributed by atoms with Gasteiger partial charge in [-0.25, -0.2) is 4.79 Å². The summed E-state index contributed by atoms with van der Waals surface area (Å²) in [7, 11) is 0. The molecule has 0 aromatic carbocycles. The Kier molecular flexibility index (Phi) is 16.5. The highest BCUT2D eigenvalue weighted by molar-refractivity contribution is 8.00. The number of likely N-dealkylation sites (N-methyl/N-ethyl adjacent to an activating group) is 1. The Morgan fingerprint density at radius 3 is 2.30 bits per heavy atom. The average Bonchev–Trinajstić information content (AvgIpc) is 3.52. The summed E-state index contributed by atoms with van der Waals surface area (Å²) in [6.45, 7) is 11.5. The maximum atomic E-state index is 12.0. The highest BCUT2D eigenvalue weighted by Crippen LogP contribution is 2.33. The van der Waals surface area contributed by atoms with Gasteiger partial charge in [0, 0.05) is 56.6 Å². The number of thioether (sulfide) groups is 1. The Labute approximate surface area is 243 Å². The number of ether oxygens (including phenoxy) is 4. The molecule has 40 heavy (non-hydrogen) atoms. The van der Waals surface area contributed by atoms with Crippen molar-refractivity contribution in [1.82, 2.24) is 25.8 Å². The minimum atomic E-state index is -0.436. The van der Waals surface area contributed by atoms with Crippen LogP contribution in [0.15, 0.2) is 0 Å². The van der Waals surface area contributed by atoms with E-state index in [0.29, 0.717) is 77.5 Å². The van der Waals surface area contributed by atoms with Crippen LogP contribution in [0.5, 0.6) is 0 Å². The van der Waals surface area contributed by atoms with E-state index in [2.05, 4.69) is 32.7 Å². The predicted molar refractivity (Wildman–Crippen MR) is 155 cm³/mol. The molecule has 3 aliphatic rings. The third-order valence-electron chi connectivity index (χ3n) is 7.56. The van der Waals surface area contributed by atoms with Crippen LogP contribution in [0.2, 0.25) is 0 Å². The largest absolute Gasteiger partial charge is 0.379 e. The molecular weight excluding hydrogens is 538 g/mol. The molecule has 0 saturated carbocycles. The summed E-state index contributed by atoms with van der Waals surface area (Å²) < 4.78 is 22.1. The van der Waals surface area contributed by atoms with Gasteiger partial charge < -0.3 is 44.9 Å². The number of nitrogens with one attached hydrogen (secondary N) is 3. The van der Waals surface area contributed by atoms with E-state index in [-0.39, 0.29) is 24.0 Å². The van der Waals surface area contributed by atoms with Gasteiger partial charge in [0.25, 0.3) is 0 Å². The molecule has 0 aromatic heterocycles. The number of hydrogen-bond acceptors (Lipinski definition) is 10. The van der Waals surface area contributed by atoms with Gasteiger partial charge in [-0.2, -0.15) is 11.8 Å². The fraction of sp³-hybridized carbons (Fsp3) is 0.926. The van der Waals surface area contributed by atoms with Crippen molar-refractivity contribution in [2.45, 2.75) is 62.6 Å². The number of nitrogens with zero attached hydrogens (tertiary/aromatic N) is 2. The summed E-state index contributed by atoms with van der Waals surface area (Å²) in [6, 6.07) is 0.428. The van der Waals surface area contributed by atoms with Gasteiger partial charge in [0.15, 0.2) is 0 Å². The van der Waals surface area contributed by atoms with Gasteiger partial charge in [0.2, 0.25) is 5.91 Å². The van der Waals surface area contributed by atoms with Crippen molar-refractivity contribution in [2.24, 2.45) is 0 Å². The van der Waals surface area contributed by atoms with Crippen LogP contribution in [0.25, 0.3) is 0 Å². The molecule has 3 heterocycles. The summed E-state index contributed by atoms with van der Waals surface area (Å²) in [4.78, 5) is 27.9. The molecule has 13 heteroatoms. The highest BCUT2D eigenvalue weighted by atomic mass is 32.2. The predicted octanol–water partition coefficient (Wildman–Crippen LogP) is 0.241. The van der Waals surface area contributed by atoms with Crippen molar-refractivity contribution in [2.75, 3.05) is 97.9 Å². The lowest BCUT2D eigenvalue weighted by Gasteiger charge is -2.36. The lowest BCUT2D eigenvalue weighted by atomic mass is 10.0. The number of urea groups is 1. The topological polar surface area (TPSA) is 134 Å². The van der Waals surface area contributed by atoms with E-state index in [1.807, 2.05) is 11.8 Å². The maximum absolute atomic E-state index is 12.0. The molecule has 4 unspecified atom stereocenters. The zero-order valence-corrected chi connectivity index (χ0v) is 25.0. The van der Waals surface area contributed by atoms with Crippen molar-refractivity contribution in [3.05, 3.63) is 0 Å². The normalized spacial score (nSPS) is 24.1. The molecule has 3 fully saturated rings. The second kappa shape index (κ2) is 19.8. The van der Waals surface area contributed by atoms with Crippen LogP contribution in [0, 0.1) is 0 Å². The number of fused-ring (bicyclic) bond motifs is 1. The Morgan fingerprint density at radius 1 is 0.975 bits per heavy atom. The van der Waals surface area contributed by atoms with Crippen molar-refractivity contribution in [3.63, 3.8) is 0 Å². The molecular formula is C27H51N5O7S. The Bertz CT molecular complexity index is 717. The van der Waals surface area contributed by atoms with Gasteiger partial charge in [-0.1, -0.05) is 13.3 Å². The van der Waals surface area contributed by atoms with Gasteiger partial charge >= 0.3 is 6.03 Å². The van der Waals surface area contributed by atoms with Crippen LogP contribution in [-0.4, -0.2) is 148 Å². The molecule has 0 aromatic rings. The zero-order valence-electron chi connectivity index (χ0n) is 24.2. The van der Waals surface area contributed by atoms with E-state index < -0.39 is 6.23 Å². The first-order chi connectivity index (χ1) is 19.6. The minimum Gasteiger partial charge on any atom is -0.379 e. The standard InChI is InChI=1S/C27H51N5O7S/c1-2-31-9-11-32(12-10-31)25(34)7-13-36-15-17-38-19-20-39-18-16-37-14-8-28-24(33)6-4-3-5-23-26-22(21-40-23)29-27(35)30-26/h22-23,25-26,34H,2-21H2,1H3,(H,28,33)(H2,29,30,35). The van der Waals surface area contributed by atoms with Crippen molar-refractivity contribution < 1.29 is 33.6 Å². The van der Waals surface area contributed by atoms with Crippen LogP contribution in [-0.2, 0) is 23.7 Å². The smallest absolute Gasteiger partial charge is 0.315 e. The van der Waals surface area contributed by atoms with Gasteiger partial charge in [-0.3, -0.25) is 9.69 Å². The average molecular weight is 590 g/mol. The molecule has 232 valence electrons. The number of rotatable bonds is 22. The van der Waals surface area contributed by atoms with E-state index >= 15 is 0 Å². The number of aliphatic hydroxyl groups excluding tert-OH is 1. The summed E-state index contributed by atoms with van der Waals surface area (Å²) >= 11 is 1.91. The van der Waals surface area contributed by atoms with Gasteiger partial charge in [0.05, 0.1) is 64.9 Å². The number of unbranched alkanes of at least 4 members (excludes halogenated alkanes) is 1. The fourth-order valence-corrected chi connectivity index (χ4v) is 6.68. The molecule has 12 nitrogen and oxygen atoms in total. The van der Waals surface area contributed by atoms with E-state index in [9.17, 15) is 14.7 Å². The van der Waals surface area contributed by atoms with Crippen LogP contribution >= 0.6 is 11.8 Å². The van der Waals surface area contributed by atoms with Crippen LogP contribution in [0.1, 0.15) is 39.0 Å². The lowest BCUT2D eigenvalue weighted by molar-refractivity contribution is -0.121. The molecule has 3 aliphatic heterocycles. The molecule has 3 rings (SSSR count). The zero-order chi connectivity index (χ0) is 28.4. The summed E-state index contributed by atoms with van der Waals surface area (Å²) in [5, 5.41) is 19.6. The number of carbonyl (C=O) groups excluding carboxylic acids is 2. The number of aliphatic hydroxyl groups is 1. The Balaban J connectivity index is 0.998. The molecule has 3 saturated heterocycles. The number of piperazine rings is 1. The third kappa shape index (κ3) is 12.8. The second-order valence-electron chi connectivity index (χ2n) is 10.4. The first-order valence-corrected chi connectivity index (χ1v) is 16.0.